The molecule has 0 saturated carbocycles. The molecule has 0 fully saturated rings. The standard InChI is InChI=1S/C76H44N4O2/c1-2-15-47(16-3-1)74-79-66-42-49(30-35-55(66)71(80-74)51-33-38-64-70(44-51)82-67-26-12-10-24-61(67)75(64)57-21-7-4-18-52(57)53-19-5-8-22-58(53)75)48-31-36-60-56(41-48)54-20-6-9-23-59(54)76(60)62-25-11-13-27-68(62)81-69-43-50(32-37-63(69)76)65-39-34-46-29-28-45-17-14-40-77-72(45)73(46)78-65/h1-44H. The highest BCUT2D eigenvalue weighted by Crippen LogP contribution is 2.64. The maximum atomic E-state index is 7.00. The molecule has 14 aromatic rings. The fourth-order valence-corrected chi connectivity index (χ4v) is 14.4. The number of para-hydroxylation sites is 2. The number of hydrogen-bond donors (Lipinski definition) is 0. The Bertz CT molecular complexity index is 5040. The topological polar surface area (TPSA) is 70.0 Å². The number of rotatable bonds is 4. The van der Waals surface area contributed by atoms with E-state index in [1.54, 1.807) is 0 Å². The van der Waals surface area contributed by atoms with Crippen molar-refractivity contribution in [3.63, 3.8) is 0 Å². The molecule has 6 heteroatoms. The van der Waals surface area contributed by atoms with Crippen LogP contribution in [0.25, 0.3) is 100.0 Å². The summed E-state index contributed by atoms with van der Waals surface area (Å²) >= 11 is 0. The summed E-state index contributed by atoms with van der Waals surface area (Å²) < 4.78 is 14.0. The Hall–Kier alpha value is -10.8. The average molecular weight is 1050 g/mol. The Morgan fingerprint density at radius 3 is 1.48 bits per heavy atom. The first-order chi connectivity index (χ1) is 40.6. The van der Waals surface area contributed by atoms with Gasteiger partial charge in [-0.05, 0) is 110 Å². The molecule has 2 spiro atoms. The zero-order chi connectivity index (χ0) is 53.7. The summed E-state index contributed by atoms with van der Waals surface area (Å²) in [6, 6.07) is 93.5. The summed E-state index contributed by atoms with van der Waals surface area (Å²) in [7, 11) is 0. The van der Waals surface area contributed by atoms with E-state index in [1.807, 2.05) is 30.5 Å². The lowest BCUT2D eigenvalue weighted by Crippen LogP contribution is -2.32. The van der Waals surface area contributed by atoms with Crippen molar-refractivity contribution in [2.75, 3.05) is 0 Å². The van der Waals surface area contributed by atoms with Gasteiger partial charge >= 0.3 is 0 Å². The molecular weight excluding hydrogens is 1000 g/mol. The number of aromatic nitrogens is 4. The molecule has 2 aliphatic heterocycles. The molecule has 0 radical (unpaired) electrons. The van der Waals surface area contributed by atoms with Gasteiger partial charge in [0.25, 0.3) is 0 Å². The lowest BCUT2D eigenvalue weighted by Gasteiger charge is -2.39. The van der Waals surface area contributed by atoms with Gasteiger partial charge in [0.05, 0.1) is 38.8 Å². The predicted octanol–water partition coefficient (Wildman–Crippen LogP) is 18.3. The highest BCUT2D eigenvalue weighted by Gasteiger charge is 2.52. The third-order valence-electron chi connectivity index (χ3n) is 17.9. The first kappa shape index (κ1) is 45.1. The predicted molar refractivity (Wildman–Crippen MR) is 327 cm³/mol. The van der Waals surface area contributed by atoms with Crippen molar-refractivity contribution in [2.24, 2.45) is 0 Å². The second-order valence-corrected chi connectivity index (χ2v) is 21.9. The van der Waals surface area contributed by atoms with Crippen molar-refractivity contribution in [3.05, 3.63) is 312 Å². The molecule has 4 aliphatic rings. The third kappa shape index (κ3) is 6.12. The van der Waals surface area contributed by atoms with E-state index in [0.29, 0.717) is 5.82 Å². The molecular formula is C76H44N4O2. The minimum atomic E-state index is -0.648. The van der Waals surface area contributed by atoms with Crippen LogP contribution in [-0.2, 0) is 10.8 Å². The summed E-state index contributed by atoms with van der Waals surface area (Å²) in [5, 5.41) is 3.07. The van der Waals surface area contributed by atoms with E-state index in [4.69, 9.17) is 29.4 Å². The average Bonchev–Trinajstić information content (AvgIpc) is 1.84. The number of nitrogens with zero attached hydrogens (tertiary/aromatic N) is 4. The smallest absolute Gasteiger partial charge is 0.160 e. The van der Waals surface area contributed by atoms with Crippen LogP contribution in [0.3, 0.4) is 0 Å². The SMILES string of the molecule is c1ccc(-c2nc(-c3ccc4c(c3)Oc3ccccc3C43c4ccccc4-c4ccccc43)c3ccc(-c4ccc5c(c4)-c4ccccc4C54c5ccccc5Oc5cc(-c6ccc7ccc8cccnc8c7n6)ccc54)cc3n2)cc1. The first-order valence-corrected chi connectivity index (χ1v) is 27.9. The molecule has 1 unspecified atom stereocenters. The van der Waals surface area contributed by atoms with Crippen molar-refractivity contribution in [2.45, 2.75) is 10.8 Å². The third-order valence-corrected chi connectivity index (χ3v) is 17.9. The maximum absolute atomic E-state index is 7.00. The minimum Gasteiger partial charge on any atom is -0.457 e. The Kier molecular flexibility index (Phi) is 9.27. The Balaban J connectivity index is 0.781. The van der Waals surface area contributed by atoms with Gasteiger partial charge in [0.2, 0.25) is 0 Å². The fraction of sp³-hybridized carbons (Fsp3) is 0.0263. The molecule has 2 aliphatic carbocycles. The zero-order valence-electron chi connectivity index (χ0n) is 44.0. The second kappa shape index (κ2) is 16.9. The number of hydrogen-bond acceptors (Lipinski definition) is 6. The van der Waals surface area contributed by atoms with Crippen molar-refractivity contribution in [1.29, 1.82) is 0 Å². The van der Waals surface area contributed by atoms with Gasteiger partial charge in [-0.15, -0.1) is 0 Å². The van der Waals surface area contributed by atoms with Crippen molar-refractivity contribution in [1.82, 2.24) is 19.9 Å². The molecule has 0 N–H and O–H groups in total. The maximum Gasteiger partial charge on any atom is 0.160 e. The summed E-state index contributed by atoms with van der Waals surface area (Å²) in [5.74, 6) is 3.97. The molecule has 3 aromatic heterocycles. The van der Waals surface area contributed by atoms with Crippen LogP contribution in [0.1, 0.15) is 44.5 Å². The summed E-state index contributed by atoms with van der Waals surface area (Å²) in [4.78, 5) is 20.8. The zero-order valence-corrected chi connectivity index (χ0v) is 44.0. The molecule has 18 rings (SSSR count). The van der Waals surface area contributed by atoms with E-state index >= 15 is 0 Å². The van der Waals surface area contributed by atoms with Gasteiger partial charge in [-0.1, -0.05) is 206 Å². The summed E-state index contributed by atoms with van der Waals surface area (Å²) in [6.07, 6.45) is 1.84. The summed E-state index contributed by atoms with van der Waals surface area (Å²) in [6.45, 7) is 0. The van der Waals surface area contributed by atoms with Crippen LogP contribution in [0.5, 0.6) is 23.0 Å². The molecule has 0 bridgehead atoms. The van der Waals surface area contributed by atoms with E-state index in [0.717, 1.165) is 117 Å². The van der Waals surface area contributed by atoms with E-state index < -0.39 is 10.8 Å². The van der Waals surface area contributed by atoms with Crippen LogP contribution in [0.4, 0.5) is 0 Å². The van der Waals surface area contributed by atoms with Crippen LogP contribution in [0.2, 0.25) is 0 Å². The Morgan fingerprint density at radius 1 is 0.293 bits per heavy atom. The lowest BCUT2D eigenvalue weighted by atomic mass is 9.66. The normalized spacial score (nSPS) is 15.2. The lowest BCUT2D eigenvalue weighted by molar-refractivity contribution is 0.436. The molecule has 1 atom stereocenters. The van der Waals surface area contributed by atoms with E-state index in [2.05, 4.69) is 237 Å². The van der Waals surface area contributed by atoms with Crippen LogP contribution in [-0.4, -0.2) is 19.9 Å². The van der Waals surface area contributed by atoms with Crippen LogP contribution >= 0.6 is 0 Å². The molecule has 0 saturated heterocycles. The monoisotopic (exact) mass is 1040 g/mol. The quantitative estimate of drug-likeness (QED) is 0.164. The largest absolute Gasteiger partial charge is 0.457 e. The van der Waals surface area contributed by atoms with Gasteiger partial charge < -0.3 is 9.47 Å². The Morgan fingerprint density at radius 2 is 0.793 bits per heavy atom. The van der Waals surface area contributed by atoms with Gasteiger partial charge in [-0.2, -0.15) is 0 Å². The highest BCUT2D eigenvalue weighted by atomic mass is 16.5. The van der Waals surface area contributed by atoms with E-state index in [-0.39, 0.29) is 0 Å². The molecule has 6 nitrogen and oxygen atoms in total. The number of benzene rings is 11. The van der Waals surface area contributed by atoms with Crippen LogP contribution in [0, 0.1) is 0 Å². The van der Waals surface area contributed by atoms with Gasteiger partial charge in [-0.3, -0.25) is 4.98 Å². The van der Waals surface area contributed by atoms with Crippen molar-refractivity contribution < 1.29 is 9.47 Å². The molecule has 11 aromatic carbocycles. The van der Waals surface area contributed by atoms with Gasteiger partial charge in [0, 0.05) is 61.3 Å². The fourth-order valence-electron chi connectivity index (χ4n) is 14.4. The van der Waals surface area contributed by atoms with Crippen LogP contribution in [0.15, 0.2) is 267 Å². The molecule has 0 amide bonds. The molecule has 5 heterocycles. The van der Waals surface area contributed by atoms with Crippen molar-refractivity contribution in [3.8, 4) is 90.3 Å². The number of fused-ring (bicyclic) bond motifs is 22. The Labute approximate surface area is 472 Å². The molecule has 82 heavy (non-hydrogen) atoms. The molecule has 380 valence electrons. The van der Waals surface area contributed by atoms with E-state index in [9.17, 15) is 0 Å². The van der Waals surface area contributed by atoms with E-state index in [1.165, 1.54) is 44.5 Å². The van der Waals surface area contributed by atoms with Gasteiger partial charge in [0.15, 0.2) is 5.82 Å². The number of pyridine rings is 2. The summed E-state index contributed by atoms with van der Waals surface area (Å²) in [5.41, 5.74) is 22.5. The first-order valence-electron chi connectivity index (χ1n) is 27.9. The van der Waals surface area contributed by atoms with Crippen LogP contribution < -0.4 is 9.47 Å². The van der Waals surface area contributed by atoms with Gasteiger partial charge in [-0.25, -0.2) is 15.0 Å². The van der Waals surface area contributed by atoms with Gasteiger partial charge in [0.1, 0.15) is 23.0 Å². The second-order valence-electron chi connectivity index (χ2n) is 21.9. The minimum absolute atomic E-state index is 0.560. The highest BCUT2D eigenvalue weighted by molar-refractivity contribution is 6.04. The number of ether oxygens (including phenoxy) is 2. The van der Waals surface area contributed by atoms with Crippen molar-refractivity contribution >= 4 is 32.7 Å².